The molecule has 0 aliphatic carbocycles. The molecule has 8 nitrogen and oxygen atoms in total. The van der Waals surface area contributed by atoms with E-state index in [4.69, 9.17) is 24.1 Å². The number of aliphatic hydroxyl groups is 1. The third-order valence-corrected chi connectivity index (χ3v) is 5.65. The fraction of sp³-hybridized carbons (Fsp3) is 0.417. The molecule has 0 fully saturated rings. The fourth-order valence-corrected chi connectivity index (χ4v) is 3.58. The van der Waals surface area contributed by atoms with Crippen molar-refractivity contribution < 1.29 is 33.6 Å². The SMILES string of the molecule is CCO[C@H](CCOC(=O)CS)[C@H](OC(=O)Nc1ccc(SC)cc1)c1ccc(OCCO)cc1. The van der Waals surface area contributed by atoms with E-state index < -0.39 is 24.3 Å². The smallest absolute Gasteiger partial charge is 0.412 e. The zero-order valence-electron chi connectivity index (χ0n) is 19.3. The summed E-state index contributed by atoms with van der Waals surface area (Å²) in [4.78, 5) is 25.3. The highest BCUT2D eigenvalue weighted by Crippen LogP contribution is 2.29. The number of rotatable bonds is 14. The summed E-state index contributed by atoms with van der Waals surface area (Å²) in [6, 6.07) is 14.4. The molecule has 2 aromatic rings. The van der Waals surface area contributed by atoms with E-state index >= 15 is 0 Å². The van der Waals surface area contributed by atoms with Crippen molar-refractivity contribution in [2.75, 3.05) is 43.8 Å². The van der Waals surface area contributed by atoms with Gasteiger partial charge >= 0.3 is 12.1 Å². The van der Waals surface area contributed by atoms with E-state index in [0.29, 0.717) is 30.0 Å². The van der Waals surface area contributed by atoms with Crippen LogP contribution in [0.5, 0.6) is 5.75 Å². The van der Waals surface area contributed by atoms with E-state index in [1.807, 2.05) is 25.3 Å². The first-order valence-corrected chi connectivity index (χ1v) is 12.7. The number of nitrogens with one attached hydrogen (secondary N) is 1. The van der Waals surface area contributed by atoms with Crippen LogP contribution in [0.25, 0.3) is 0 Å². The van der Waals surface area contributed by atoms with E-state index in [2.05, 4.69) is 17.9 Å². The summed E-state index contributed by atoms with van der Waals surface area (Å²) in [7, 11) is 0. The first-order chi connectivity index (χ1) is 16.5. The number of ether oxygens (including phenoxy) is 4. The Balaban J connectivity index is 2.19. The van der Waals surface area contributed by atoms with Crippen LogP contribution < -0.4 is 10.1 Å². The van der Waals surface area contributed by atoms with Crippen molar-refractivity contribution in [2.24, 2.45) is 0 Å². The van der Waals surface area contributed by atoms with Crippen LogP contribution in [0.2, 0.25) is 0 Å². The van der Waals surface area contributed by atoms with E-state index in [-0.39, 0.29) is 25.6 Å². The second-order valence-electron chi connectivity index (χ2n) is 6.98. The van der Waals surface area contributed by atoms with E-state index in [1.165, 1.54) is 0 Å². The summed E-state index contributed by atoms with van der Waals surface area (Å²) >= 11 is 5.51. The van der Waals surface area contributed by atoms with Gasteiger partial charge in [0.2, 0.25) is 0 Å². The Morgan fingerprint density at radius 1 is 1.09 bits per heavy atom. The Bertz CT molecular complexity index is 878. The molecule has 1 amide bonds. The standard InChI is InChI=1S/C24H31NO7S2/c1-3-29-21(12-14-31-22(27)16-33)23(17-4-8-19(9-5-17)30-15-13-26)32-24(28)25-18-6-10-20(34-2)11-7-18/h4-11,21,23,26,33H,3,12-16H2,1-2H3,(H,25,28)/t21-,23-/m1/s1. The van der Waals surface area contributed by atoms with Crippen LogP contribution in [0.3, 0.4) is 0 Å². The number of hydrogen-bond acceptors (Lipinski definition) is 9. The van der Waals surface area contributed by atoms with Gasteiger partial charge in [0.1, 0.15) is 18.5 Å². The number of carbonyl (C=O) groups excluding carboxylic acids is 2. The van der Waals surface area contributed by atoms with Crippen LogP contribution in [-0.2, 0) is 19.0 Å². The highest BCUT2D eigenvalue weighted by atomic mass is 32.2. The molecule has 2 rings (SSSR count). The molecule has 10 heteroatoms. The molecule has 0 aliphatic heterocycles. The van der Waals surface area contributed by atoms with Gasteiger partial charge in [0.25, 0.3) is 0 Å². The van der Waals surface area contributed by atoms with Gasteiger partial charge in [0.15, 0.2) is 6.10 Å². The van der Waals surface area contributed by atoms with Crippen molar-refractivity contribution in [1.82, 2.24) is 0 Å². The van der Waals surface area contributed by atoms with E-state index in [0.717, 1.165) is 4.90 Å². The summed E-state index contributed by atoms with van der Waals surface area (Å²) in [5, 5.41) is 11.7. The predicted octanol–water partition coefficient (Wildman–Crippen LogP) is 4.34. The van der Waals surface area contributed by atoms with Gasteiger partial charge in [-0.05, 0) is 55.1 Å². The van der Waals surface area contributed by atoms with Crippen LogP contribution in [-0.4, -0.2) is 61.7 Å². The van der Waals surface area contributed by atoms with Crippen molar-refractivity contribution in [3.8, 4) is 5.75 Å². The first kappa shape index (κ1) is 27.8. The maximum atomic E-state index is 12.8. The monoisotopic (exact) mass is 509 g/mol. The van der Waals surface area contributed by atoms with Gasteiger partial charge in [-0.2, -0.15) is 12.6 Å². The summed E-state index contributed by atoms with van der Waals surface area (Å²) in [5.41, 5.74) is 1.29. The second-order valence-corrected chi connectivity index (χ2v) is 8.18. The molecule has 0 heterocycles. The molecule has 0 spiro atoms. The Hall–Kier alpha value is -2.40. The lowest BCUT2D eigenvalue weighted by atomic mass is 10.0. The third-order valence-electron chi connectivity index (χ3n) is 4.65. The Kier molecular flexibility index (Phi) is 12.7. The number of esters is 1. The second kappa shape index (κ2) is 15.5. The Morgan fingerprint density at radius 3 is 2.38 bits per heavy atom. The van der Waals surface area contributed by atoms with Crippen molar-refractivity contribution in [3.63, 3.8) is 0 Å². The molecule has 34 heavy (non-hydrogen) atoms. The number of amides is 1. The molecule has 0 saturated carbocycles. The molecule has 2 N–H and O–H groups in total. The number of aliphatic hydroxyl groups excluding tert-OH is 1. The molecule has 0 unspecified atom stereocenters. The molecule has 2 atom stereocenters. The molecule has 2 aromatic carbocycles. The number of carbonyl (C=O) groups is 2. The highest BCUT2D eigenvalue weighted by molar-refractivity contribution is 7.98. The van der Waals surface area contributed by atoms with Gasteiger partial charge in [-0.25, -0.2) is 4.79 Å². The maximum absolute atomic E-state index is 12.8. The normalized spacial score (nSPS) is 12.5. The van der Waals surface area contributed by atoms with Crippen LogP contribution in [0.4, 0.5) is 10.5 Å². The van der Waals surface area contributed by atoms with Gasteiger partial charge in [-0.15, -0.1) is 11.8 Å². The highest BCUT2D eigenvalue weighted by Gasteiger charge is 2.28. The van der Waals surface area contributed by atoms with Gasteiger partial charge in [-0.3, -0.25) is 10.1 Å². The van der Waals surface area contributed by atoms with Crippen molar-refractivity contribution >= 4 is 42.1 Å². The molecule has 0 radical (unpaired) electrons. The minimum Gasteiger partial charge on any atom is -0.491 e. The van der Waals surface area contributed by atoms with Gasteiger partial charge in [0.05, 0.1) is 19.0 Å². The average Bonchev–Trinajstić information content (AvgIpc) is 2.86. The number of thioether (sulfide) groups is 1. The predicted molar refractivity (Wildman–Crippen MR) is 135 cm³/mol. The minimum absolute atomic E-state index is 0.0216. The summed E-state index contributed by atoms with van der Waals surface area (Å²) in [6.45, 7) is 2.39. The zero-order valence-corrected chi connectivity index (χ0v) is 21.0. The third kappa shape index (κ3) is 9.46. The van der Waals surface area contributed by atoms with E-state index in [9.17, 15) is 9.59 Å². The number of thiol groups is 1. The Labute approximate surface area is 209 Å². The molecular formula is C24H31NO7S2. The quantitative estimate of drug-likeness (QED) is 0.196. The lowest BCUT2D eigenvalue weighted by molar-refractivity contribution is -0.142. The topological polar surface area (TPSA) is 103 Å². The van der Waals surface area contributed by atoms with Crippen molar-refractivity contribution in [1.29, 1.82) is 0 Å². The van der Waals surface area contributed by atoms with E-state index in [1.54, 1.807) is 48.2 Å². The molecule has 186 valence electrons. The largest absolute Gasteiger partial charge is 0.491 e. The van der Waals surface area contributed by atoms with Crippen LogP contribution in [0.15, 0.2) is 53.4 Å². The molecule has 0 bridgehead atoms. The van der Waals surface area contributed by atoms with Crippen molar-refractivity contribution in [3.05, 3.63) is 54.1 Å². The van der Waals surface area contributed by atoms with Gasteiger partial charge in [-0.1, -0.05) is 12.1 Å². The summed E-state index contributed by atoms with van der Waals surface area (Å²) in [6.07, 6.45) is 0.317. The minimum atomic E-state index is -0.771. The number of benzene rings is 2. The molecular weight excluding hydrogens is 478 g/mol. The fourth-order valence-electron chi connectivity index (χ4n) is 3.08. The summed E-state index contributed by atoms with van der Waals surface area (Å²) in [5.74, 6) is 0.116. The van der Waals surface area contributed by atoms with Crippen LogP contribution in [0, 0.1) is 0 Å². The van der Waals surface area contributed by atoms with Crippen molar-refractivity contribution in [2.45, 2.75) is 30.4 Å². The van der Waals surface area contributed by atoms with Gasteiger partial charge < -0.3 is 24.1 Å². The average molecular weight is 510 g/mol. The number of hydrogen-bond donors (Lipinski definition) is 3. The Morgan fingerprint density at radius 2 is 1.79 bits per heavy atom. The number of anilines is 1. The van der Waals surface area contributed by atoms with Crippen LogP contribution in [0.1, 0.15) is 25.0 Å². The lowest BCUT2D eigenvalue weighted by Crippen LogP contribution is -2.30. The first-order valence-electron chi connectivity index (χ1n) is 10.8. The molecule has 0 aromatic heterocycles. The molecule has 0 saturated heterocycles. The van der Waals surface area contributed by atoms with Crippen LogP contribution >= 0.6 is 24.4 Å². The lowest BCUT2D eigenvalue weighted by Gasteiger charge is -2.27. The molecule has 0 aliphatic rings. The maximum Gasteiger partial charge on any atom is 0.412 e. The summed E-state index contributed by atoms with van der Waals surface area (Å²) < 4.78 is 22.2. The van der Waals surface area contributed by atoms with Gasteiger partial charge in [0, 0.05) is 23.6 Å². The zero-order chi connectivity index (χ0) is 24.8.